The van der Waals surface area contributed by atoms with E-state index in [1.807, 2.05) is 0 Å². The van der Waals surface area contributed by atoms with E-state index in [1.54, 1.807) is 12.1 Å². The monoisotopic (exact) mass is 299 g/mol. The van der Waals surface area contributed by atoms with E-state index in [0.29, 0.717) is 21.8 Å². The summed E-state index contributed by atoms with van der Waals surface area (Å²) in [5.74, 6) is 0.190. The molecule has 0 spiro atoms. The average molecular weight is 301 g/mol. The first kappa shape index (κ1) is 10.5. The van der Waals surface area contributed by atoms with Crippen molar-refractivity contribution >= 4 is 38.4 Å². The molecule has 1 heterocycles. The van der Waals surface area contributed by atoms with Gasteiger partial charge >= 0.3 is 0 Å². The summed E-state index contributed by atoms with van der Waals surface area (Å²) in [6, 6.07) is 4.85. The van der Waals surface area contributed by atoms with Crippen molar-refractivity contribution < 1.29 is 4.39 Å². The molecule has 1 aliphatic rings. The first-order chi connectivity index (χ1) is 7.66. The Bertz CT molecular complexity index is 581. The Morgan fingerprint density at radius 2 is 2.12 bits per heavy atom. The molecule has 0 amide bonds. The molecule has 1 aliphatic carbocycles. The van der Waals surface area contributed by atoms with Crippen molar-refractivity contribution in [2.45, 2.75) is 18.8 Å². The molecule has 1 saturated carbocycles. The van der Waals surface area contributed by atoms with Gasteiger partial charge in [-0.2, -0.15) is 0 Å². The van der Waals surface area contributed by atoms with Crippen molar-refractivity contribution in [2.75, 3.05) is 0 Å². The van der Waals surface area contributed by atoms with Crippen molar-refractivity contribution in [3.05, 3.63) is 39.2 Å². The lowest BCUT2D eigenvalue weighted by Crippen LogP contribution is -1.92. The van der Waals surface area contributed by atoms with Gasteiger partial charge in [-0.3, -0.25) is 4.98 Å². The Labute approximate surface area is 106 Å². The summed E-state index contributed by atoms with van der Waals surface area (Å²) in [7, 11) is 0. The second kappa shape index (κ2) is 3.67. The summed E-state index contributed by atoms with van der Waals surface area (Å²) in [6.07, 6.45) is 2.31. The Kier molecular flexibility index (Phi) is 2.41. The number of nitrogens with zero attached hydrogens (tertiary/aromatic N) is 1. The van der Waals surface area contributed by atoms with Gasteiger partial charge in [0.2, 0.25) is 0 Å². The molecule has 0 radical (unpaired) electrons. The molecule has 1 nitrogen and oxygen atoms in total. The highest BCUT2D eigenvalue weighted by Crippen LogP contribution is 2.42. The average Bonchev–Trinajstić information content (AvgIpc) is 3.06. The van der Waals surface area contributed by atoms with Gasteiger partial charge in [0.05, 0.1) is 15.9 Å². The van der Waals surface area contributed by atoms with E-state index in [9.17, 15) is 4.39 Å². The van der Waals surface area contributed by atoms with Gasteiger partial charge < -0.3 is 0 Å². The van der Waals surface area contributed by atoms with Gasteiger partial charge in [-0.15, -0.1) is 0 Å². The minimum absolute atomic E-state index is 0.321. The summed E-state index contributed by atoms with van der Waals surface area (Å²) in [5, 5.41) is 0.853. The third-order valence-corrected chi connectivity index (χ3v) is 3.77. The van der Waals surface area contributed by atoms with Gasteiger partial charge in [-0.05, 0) is 47.0 Å². The smallest absolute Gasteiger partial charge is 0.134 e. The minimum atomic E-state index is -0.321. The van der Waals surface area contributed by atoms with Crippen LogP contribution in [0.1, 0.15) is 24.5 Å². The predicted molar refractivity (Wildman–Crippen MR) is 66.4 cm³/mol. The van der Waals surface area contributed by atoms with Gasteiger partial charge in [-0.25, -0.2) is 4.39 Å². The molecule has 1 fully saturated rings. The minimum Gasteiger partial charge on any atom is -0.251 e. The molecule has 82 valence electrons. The zero-order valence-electron chi connectivity index (χ0n) is 8.30. The zero-order chi connectivity index (χ0) is 11.3. The van der Waals surface area contributed by atoms with Crippen LogP contribution < -0.4 is 0 Å². The maximum absolute atomic E-state index is 13.6. The van der Waals surface area contributed by atoms with Crippen LogP contribution in [0.5, 0.6) is 0 Å². The van der Waals surface area contributed by atoms with E-state index in [4.69, 9.17) is 11.6 Å². The maximum Gasteiger partial charge on any atom is 0.134 e. The molecule has 1 aromatic carbocycles. The summed E-state index contributed by atoms with van der Waals surface area (Å²) in [6.45, 7) is 0. The topological polar surface area (TPSA) is 12.9 Å². The van der Waals surface area contributed by atoms with Crippen LogP contribution in [0, 0.1) is 5.82 Å². The van der Waals surface area contributed by atoms with Crippen LogP contribution in [-0.4, -0.2) is 4.98 Å². The van der Waals surface area contributed by atoms with E-state index in [0.717, 1.165) is 23.0 Å². The normalized spacial score (nSPS) is 15.7. The van der Waals surface area contributed by atoms with Crippen LogP contribution >= 0.6 is 27.5 Å². The van der Waals surface area contributed by atoms with Gasteiger partial charge in [-0.1, -0.05) is 11.6 Å². The highest BCUT2D eigenvalue weighted by atomic mass is 79.9. The molecule has 0 saturated heterocycles. The Hall–Kier alpha value is -0.670. The molecular formula is C12H8BrClFN. The number of hydrogen-bond acceptors (Lipinski definition) is 1. The van der Waals surface area contributed by atoms with Crippen molar-refractivity contribution in [2.24, 2.45) is 0 Å². The lowest BCUT2D eigenvalue weighted by atomic mass is 10.1. The van der Waals surface area contributed by atoms with E-state index >= 15 is 0 Å². The molecular weight excluding hydrogens is 292 g/mol. The van der Waals surface area contributed by atoms with E-state index in [-0.39, 0.29) is 5.82 Å². The first-order valence-electron chi connectivity index (χ1n) is 5.11. The number of fused-ring (bicyclic) bond motifs is 1. The fraction of sp³-hybridized carbons (Fsp3) is 0.250. The summed E-state index contributed by atoms with van der Waals surface area (Å²) in [5.41, 5.74) is 1.60. The van der Waals surface area contributed by atoms with E-state index < -0.39 is 0 Å². The summed E-state index contributed by atoms with van der Waals surface area (Å²) >= 11 is 9.49. The molecule has 0 aliphatic heterocycles. The quantitative estimate of drug-likeness (QED) is 0.746. The van der Waals surface area contributed by atoms with Crippen LogP contribution in [0.25, 0.3) is 10.9 Å². The van der Waals surface area contributed by atoms with Crippen LogP contribution in [0.4, 0.5) is 4.39 Å². The van der Waals surface area contributed by atoms with Crippen LogP contribution in [-0.2, 0) is 0 Å². The lowest BCUT2D eigenvalue weighted by Gasteiger charge is -2.06. The van der Waals surface area contributed by atoms with Crippen LogP contribution in [0.2, 0.25) is 5.02 Å². The standard InChI is InChI=1S/C12H8BrClFN/c13-7-3-4-9(15)11-8(14)5-10(6-1-2-6)16-12(7)11/h3-6H,1-2H2. The highest BCUT2D eigenvalue weighted by Gasteiger charge is 2.26. The third kappa shape index (κ3) is 1.62. The lowest BCUT2D eigenvalue weighted by molar-refractivity contribution is 0.639. The predicted octanol–water partition coefficient (Wildman–Crippen LogP) is 4.67. The Morgan fingerprint density at radius 1 is 1.38 bits per heavy atom. The number of aromatic nitrogens is 1. The summed E-state index contributed by atoms with van der Waals surface area (Å²) in [4.78, 5) is 4.49. The molecule has 0 unspecified atom stereocenters. The Morgan fingerprint density at radius 3 is 2.81 bits per heavy atom. The van der Waals surface area contributed by atoms with Crippen molar-refractivity contribution in [3.8, 4) is 0 Å². The number of hydrogen-bond donors (Lipinski definition) is 0. The molecule has 2 aromatic rings. The maximum atomic E-state index is 13.6. The van der Waals surface area contributed by atoms with Crippen molar-refractivity contribution in [3.63, 3.8) is 0 Å². The second-order valence-corrected chi connectivity index (χ2v) is 5.32. The molecule has 1 aromatic heterocycles. The van der Waals surface area contributed by atoms with Crippen molar-refractivity contribution in [1.29, 1.82) is 0 Å². The highest BCUT2D eigenvalue weighted by molar-refractivity contribution is 9.10. The van der Waals surface area contributed by atoms with Gasteiger partial charge in [0.1, 0.15) is 5.82 Å². The first-order valence-corrected chi connectivity index (χ1v) is 6.28. The summed E-state index contributed by atoms with van der Waals surface area (Å²) < 4.78 is 14.4. The number of rotatable bonds is 1. The Balaban J connectivity index is 2.36. The third-order valence-electron chi connectivity index (χ3n) is 2.83. The van der Waals surface area contributed by atoms with E-state index in [1.165, 1.54) is 6.07 Å². The SMILES string of the molecule is Fc1ccc(Br)c2nc(C3CC3)cc(Cl)c12. The fourth-order valence-corrected chi connectivity index (χ4v) is 2.54. The van der Waals surface area contributed by atoms with Crippen molar-refractivity contribution in [1.82, 2.24) is 4.98 Å². The fourth-order valence-electron chi connectivity index (χ4n) is 1.83. The molecule has 0 atom stereocenters. The number of pyridine rings is 1. The largest absolute Gasteiger partial charge is 0.251 e. The van der Waals surface area contributed by atoms with Crippen LogP contribution in [0.3, 0.4) is 0 Å². The molecule has 0 N–H and O–H groups in total. The molecule has 3 rings (SSSR count). The van der Waals surface area contributed by atoms with Crippen LogP contribution in [0.15, 0.2) is 22.7 Å². The van der Waals surface area contributed by atoms with Gasteiger partial charge in [0.15, 0.2) is 0 Å². The zero-order valence-corrected chi connectivity index (χ0v) is 10.6. The second-order valence-electron chi connectivity index (χ2n) is 4.06. The van der Waals surface area contributed by atoms with E-state index in [2.05, 4.69) is 20.9 Å². The van der Waals surface area contributed by atoms with Gasteiger partial charge in [0.25, 0.3) is 0 Å². The molecule has 4 heteroatoms. The van der Waals surface area contributed by atoms with Gasteiger partial charge in [0, 0.05) is 16.1 Å². The molecule has 16 heavy (non-hydrogen) atoms. The number of benzene rings is 1. The number of halogens is 3. The molecule has 0 bridgehead atoms.